The fourth-order valence-electron chi connectivity index (χ4n) is 3.12. The average Bonchev–Trinajstić information content (AvgIpc) is 3.28. The number of aromatic nitrogens is 3. The van der Waals surface area contributed by atoms with Crippen molar-refractivity contribution in [3.8, 4) is 0 Å². The van der Waals surface area contributed by atoms with Crippen LogP contribution >= 0.6 is 0 Å². The Balaban J connectivity index is 1.59. The number of hydrogen-bond donors (Lipinski definition) is 1. The monoisotopic (exact) mass is 427 g/mol. The highest BCUT2D eigenvalue weighted by Gasteiger charge is 2.21. The van der Waals surface area contributed by atoms with E-state index in [2.05, 4.69) is 15.6 Å². The lowest BCUT2D eigenvalue weighted by Crippen LogP contribution is -2.16. The minimum Gasteiger partial charge on any atom is -0.320 e. The van der Waals surface area contributed by atoms with E-state index >= 15 is 0 Å². The summed E-state index contributed by atoms with van der Waals surface area (Å²) in [6.45, 7) is 0.441. The number of nitrogens with zero attached hydrogens (tertiary/aromatic N) is 4. The number of nitrogens with one attached hydrogen (secondary N) is 1. The molecule has 4 rings (SSSR count). The Bertz CT molecular complexity index is 1290. The minimum atomic E-state index is -0.595. The Hall–Kier alpha value is -4.66. The molecule has 3 aromatic carbocycles. The van der Waals surface area contributed by atoms with Gasteiger partial charge in [0, 0.05) is 17.7 Å². The van der Waals surface area contributed by atoms with E-state index in [9.17, 15) is 19.7 Å². The molecule has 32 heavy (non-hydrogen) atoms. The first kappa shape index (κ1) is 20.6. The number of hydrogen-bond acceptors (Lipinski definition) is 6. The Kier molecular flexibility index (Phi) is 5.80. The number of amides is 1. The van der Waals surface area contributed by atoms with Crippen LogP contribution in [0.1, 0.15) is 32.0 Å². The molecule has 1 aromatic heterocycles. The standard InChI is InChI=1S/C23H17N5O4/c29-22(17-9-5-2-6-10-17)19-13-18(28(31)32)11-12-20(19)24-23(30)21-15-27(26-25-21)14-16-7-3-1-4-8-16/h1-13,15H,14H2,(H,24,30). The van der Waals surface area contributed by atoms with Crippen LogP contribution in [0.15, 0.2) is 85.1 Å². The number of rotatable bonds is 7. The number of nitro benzene ring substituents is 1. The van der Waals surface area contributed by atoms with E-state index < -0.39 is 16.6 Å². The first-order valence-corrected chi connectivity index (χ1v) is 9.65. The van der Waals surface area contributed by atoms with Crippen molar-refractivity contribution < 1.29 is 14.5 Å². The number of ketones is 1. The molecule has 0 spiro atoms. The molecule has 4 aromatic rings. The third-order valence-corrected chi connectivity index (χ3v) is 4.70. The van der Waals surface area contributed by atoms with Gasteiger partial charge in [-0.05, 0) is 11.6 Å². The van der Waals surface area contributed by atoms with E-state index in [0.29, 0.717) is 12.1 Å². The van der Waals surface area contributed by atoms with Gasteiger partial charge in [0.05, 0.1) is 28.9 Å². The Morgan fingerprint density at radius 1 is 0.969 bits per heavy atom. The van der Waals surface area contributed by atoms with Gasteiger partial charge in [0.25, 0.3) is 11.6 Å². The van der Waals surface area contributed by atoms with Gasteiger partial charge in [-0.25, -0.2) is 4.68 Å². The Morgan fingerprint density at radius 3 is 2.34 bits per heavy atom. The van der Waals surface area contributed by atoms with Crippen molar-refractivity contribution >= 4 is 23.1 Å². The van der Waals surface area contributed by atoms with Crippen molar-refractivity contribution in [1.82, 2.24) is 15.0 Å². The smallest absolute Gasteiger partial charge is 0.277 e. The summed E-state index contributed by atoms with van der Waals surface area (Å²) in [5, 5.41) is 21.7. The van der Waals surface area contributed by atoms with E-state index in [4.69, 9.17) is 0 Å². The highest BCUT2D eigenvalue weighted by atomic mass is 16.6. The molecule has 0 bridgehead atoms. The maximum atomic E-state index is 13.0. The number of nitro groups is 1. The molecular weight excluding hydrogens is 410 g/mol. The molecular formula is C23H17N5O4. The van der Waals surface area contributed by atoms with Crippen LogP contribution in [0.5, 0.6) is 0 Å². The molecule has 0 fully saturated rings. The SMILES string of the molecule is O=C(Nc1ccc([N+](=O)[O-])cc1C(=O)c1ccccc1)c1cn(Cc2ccccc2)nn1. The lowest BCUT2D eigenvalue weighted by molar-refractivity contribution is -0.384. The molecule has 0 saturated heterocycles. The molecule has 1 heterocycles. The summed E-state index contributed by atoms with van der Waals surface area (Å²) in [4.78, 5) is 36.3. The predicted molar refractivity (Wildman–Crippen MR) is 116 cm³/mol. The van der Waals surface area contributed by atoms with E-state index in [1.807, 2.05) is 30.3 Å². The molecule has 9 heteroatoms. The number of benzene rings is 3. The maximum absolute atomic E-state index is 13.0. The van der Waals surface area contributed by atoms with Crippen molar-refractivity contribution in [2.24, 2.45) is 0 Å². The summed E-state index contributed by atoms with van der Waals surface area (Å²) in [5.41, 5.74) is 1.30. The van der Waals surface area contributed by atoms with Gasteiger partial charge in [0.1, 0.15) is 0 Å². The van der Waals surface area contributed by atoms with E-state index in [1.165, 1.54) is 23.0 Å². The molecule has 1 amide bonds. The first-order valence-electron chi connectivity index (χ1n) is 9.65. The summed E-state index contributed by atoms with van der Waals surface area (Å²) in [6.07, 6.45) is 1.49. The largest absolute Gasteiger partial charge is 0.320 e. The Labute approximate surface area is 182 Å². The van der Waals surface area contributed by atoms with Gasteiger partial charge in [-0.1, -0.05) is 65.9 Å². The summed E-state index contributed by atoms with van der Waals surface area (Å²) >= 11 is 0. The van der Waals surface area contributed by atoms with Crippen molar-refractivity contribution in [3.05, 3.63) is 118 Å². The van der Waals surface area contributed by atoms with Gasteiger partial charge in [0.15, 0.2) is 11.5 Å². The molecule has 0 aliphatic heterocycles. The van der Waals surface area contributed by atoms with Crippen molar-refractivity contribution in [1.29, 1.82) is 0 Å². The normalized spacial score (nSPS) is 10.5. The number of carbonyl (C=O) groups is 2. The molecule has 158 valence electrons. The van der Waals surface area contributed by atoms with Crippen molar-refractivity contribution in [2.75, 3.05) is 5.32 Å². The second kappa shape index (κ2) is 9.00. The molecule has 9 nitrogen and oxygen atoms in total. The first-order chi connectivity index (χ1) is 15.5. The molecule has 0 unspecified atom stereocenters. The van der Waals surface area contributed by atoms with Gasteiger partial charge in [-0.15, -0.1) is 5.10 Å². The fourth-order valence-corrected chi connectivity index (χ4v) is 3.12. The van der Waals surface area contributed by atoms with Gasteiger partial charge < -0.3 is 5.32 Å². The molecule has 0 aliphatic carbocycles. The third kappa shape index (κ3) is 4.57. The summed E-state index contributed by atoms with van der Waals surface area (Å²) in [5.74, 6) is -1.03. The molecule has 0 atom stereocenters. The maximum Gasteiger partial charge on any atom is 0.277 e. The molecule has 1 N–H and O–H groups in total. The topological polar surface area (TPSA) is 120 Å². The van der Waals surface area contributed by atoms with Crippen LogP contribution in [0.3, 0.4) is 0 Å². The van der Waals surface area contributed by atoms with E-state index in [0.717, 1.165) is 11.6 Å². The fraction of sp³-hybridized carbons (Fsp3) is 0.0435. The number of carbonyl (C=O) groups excluding carboxylic acids is 2. The summed E-state index contributed by atoms with van der Waals surface area (Å²) < 4.78 is 1.52. The van der Waals surface area contributed by atoms with Gasteiger partial charge in [0.2, 0.25) is 0 Å². The quantitative estimate of drug-likeness (QED) is 0.273. The summed E-state index contributed by atoms with van der Waals surface area (Å²) in [6, 6.07) is 21.6. The van der Waals surface area contributed by atoms with Gasteiger partial charge in [-0.3, -0.25) is 19.7 Å². The molecule has 0 radical (unpaired) electrons. The Morgan fingerprint density at radius 2 is 1.66 bits per heavy atom. The highest BCUT2D eigenvalue weighted by molar-refractivity contribution is 6.15. The van der Waals surface area contributed by atoms with Crippen LogP contribution < -0.4 is 5.32 Å². The zero-order valence-electron chi connectivity index (χ0n) is 16.7. The van der Waals surface area contributed by atoms with Gasteiger partial charge in [-0.2, -0.15) is 0 Å². The zero-order chi connectivity index (χ0) is 22.5. The van der Waals surface area contributed by atoms with Crippen LogP contribution in [0.4, 0.5) is 11.4 Å². The van der Waals surface area contributed by atoms with Crippen molar-refractivity contribution in [2.45, 2.75) is 6.54 Å². The van der Waals surface area contributed by atoms with Crippen LogP contribution in [-0.2, 0) is 6.54 Å². The van der Waals surface area contributed by atoms with E-state index in [1.54, 1.807) is 30.3 Å². The molecule has 0 aliphatic rings. The zero-order valence-corrected chi connectivity index (χ0v) is 16.7. The lowest BCUT2D eigenvalue weighted by atomic mass is 10.0. The predicted octanol–water partition coefficient (Wildman–Crippen LogP) is 3.72. The number of non-ortho nitro benzene ring substituents is 1. The summed E-state index contributed by atoms with van der Waals surface area (Å²) in [7, 11) is 0. The van der Waals surface area contributed by atoms with Crippen molar-refractivity contribution in [3.63, 3.8) is 0 Å². The second-order valence-corrected chi connectivity index (χ2v) is 6.92. The van der Waals surface area contributed by atoms with Crippen LogP contribution in [-0.4, -0.2) is 31.6 Å². The van der Waals surface area contributed by atoms with Gasteiger partial charge >= 0.3 is 0 Å². The lowest BCUT2D eigenvalue weighted by Gasteiger charge is -2.10. The second-order valence-electron chi connectivity index (χ2n) is 6.92. The van der Waals surface area contributed by atoms with Crippen LogP contribution in [0.2, 0.25) is 0 Å². The average molecular weight is 427 g/mol. The number of anilines is 1. The van der Waals surface area contributed by atoms with E-state index in [-0.39, 0.29) is 22.6 Å². The van der Waals surface area contributed by atoms with Crippen LogP contribution in [0.25, 0.3) is 0 Å². The van der Waals surface area contributed by atoms with Crippen LogP contribution in [0, 0.1) is 10.1 Å². The molecule has 0 saturated carbocycles. The minimum absolute atomic E-state index is 0.00965. The third-order valence-electron chi connectivity index (χ3n) is 4.70. The highest BCUT2D eigenvalue weighted by Crippen LogP contribution is 2.25.